The second-order valence-electron chi connectivity index (χ2n) is 7.67. The highest BCUT2D eigenvalue weighted by Crippen LogP contribution is 2.34. The van der Waals surface area contributed by atoms with Crippen molar-refractivity contribution in [2.75, 3.05) is 24.7 Å². The van der Waals surface area contributed by atoms with Crippen molar-refractivity contribution in [2.45, 2.75) is 6.18 Å². The van der Waals surface area contributed by atoms with E-state index >= 15 is 0 Å². The number of nitrogens with one attached hydrogen (secondary N) is 1. The van der Waals surface area contributed by atoms with E-state index < -0.39 is 17.8 Å². The predicted molar refractivity (Wildman–Crippen MR) is 132 cm³/mol. The molecule has 2 aromatic carbocycles. The Morgan fingerprint density at radius 1 is 0.974 bits per heavy atom. The molecule has 0 aliphatic rings. The first kappa shape index (κ1) is 26.2. The topological polar surface area (TPSA) is 148 Å². The Kier molecular flexibility index (Phi) is 7.58. The molecule has 0 saturated heterocycles. The van der Waals surface area contributed by atoms with E-state index in [1.807, 2.05) is 0 Å². The number of halogens is 3. The van der Waals surface area contributed by atoms with Gasteiger partial charge >= 0.3 is 12.1 Å². The Hall–Kier alpha value is -4.91. The van der Waals surface area contributed by atoms with Gasteiger partial charge in [0.25, 0.3) is 0 Å². The van der Waals surface area contributed by atoms with Crippen LogP contribution in [0.2, 0.25) is 0 Å². The van der Waals surface area contributed by atoms with Crippen molar-refractivity contribution < 1.29 is 32.2 Å². The number of carbonyl (C=O) groups is 1. The number of alkyl halides is 3. The lowest BCUT2D eigenvalue weighted by molar-refractivity contribution is -0.141. The molecule has 4 aromatic rings. The maximum Gasteiger partial charge on any atom is 0.433 e. The zero-order chi connectivity index (χ0) is 27.3. The maximum atomic E-state index is 12.9. The Morgan fingerprint density at radius 3 is 2.42 bits per heavy atom. The van der Waals surface area contributed by atoms with Gasteiger partial charge in [0.2, 0.25) is 5.95 Å². The summed E-state index contributed by atoms with van der Waals surface area (Å²) in [5, 5.41) is 3.09. The molecule has 5 N–H and O–H groups in total. The predicted octanol–water partition coefficient (Wildman–Crippen LogP) is 4.55. The number of pyridine rings is 1. The van der Waals surface area contributed by atoms with Gasteiger partial charge < -0.3 is 31.0 Å². The fourth-order valence-corrected chi connectivity index (χ4v) is 3.27. The number of esters is 1. The summed E-state index contributed by atoms with van der Waals surface area (Å²) in [5.74, 6) is 0.584. The van der Waals surface area contributed by atoms with Crippen molar-refractivity contribution in [2.24, 2.45) is 5.73 Å². The molecule has 2 heterocycles. The summed E-state index contributed by atoms with van der Waals surface area (Å²) in [6.45, 7) is -0.280. The molecule has 4 rings (SSSR count). The normalized spacial score (nSPS) is 11.1. The van der Waals surface area contributed by atoms with E-state index in [0.29, 0.717) is 34.3 Å². The van der Waals surface area contributed by atoms with Crippen LogP contribution >= 0.6 is 0 Å². The van der Waals surface area contributed by atoms with Crippen molar-refractivity contribution in [3.05, 3.63) is 72.6 Å². The number of benzene rings is 2. The highest BCUT2D eigenvalue weighted by Gasteiger charge is 2.32. The number of nitrogens with zero attached hydrogens (tertiary/aromatic N) is 3. The number of hydrogen-bond acceptors (Lipinski definition) is 10. The average Bonchev–Trinajstić information content (AvgIpc) is 2.89. The largest absolute Gasteiger partial charge is 0.493 e. The van der Waals surface area contributed by atoms with Gasteiger partial charge in [0.15, 0.2) is 11.5 Å². The molecule has 2 aromatic heterocycles. The molecule has 0 saturated carbocycles. The van der Waals surface area contributed by atoms with E-state index in [0.717, 1.165) is 12.3 Å². The molecule has 0 spiro atoms. The van der Waals surface area contributed by atoms with Gasteiger partial charge in [0.1, 0.15) is 23.0 Å². The van der Waals surface area contributed by atoms with Crippen molar-refractivity contribution in [1.29, 1.82) is 0 Å². The van der Waals surface area contributed by atoms with E-state index in [1.165, 1.54) is 13.2 Å². The zero-order valence-electron chi connectivity index (χ0n) is 19.8. The monoisotopic (exact) mass is 526 g/mol. The molecule has 0 atom stereocenters. The minimum atomic E-state index is -4.57. The molecule has 0 bridgehead atoms. The summed E-state index contributed by atoms with van der Waals surface area (Å²) in [7, 11) is 1.43. The van der Waals surface area contributed by atoms with E-state index in [9.17, 15) is 18.0 Å². The Balaban J connectivity index is 1.50. The van der Waals surface area contributed by atoms with Crippen molar-refractivity contribution in [1.82, 2.24) is 15.0 Å². The zero-order valence-corrected chi connectivity index (χ0v) is 19.8. The van der Waals surface area contributed by atoms with Crippen molar-refractivity contribution in [3.63, 3.8) is 0 Å². The number of nitrogens with two attached hydrogens (primary N) is 2. The van der Waals surface area contributed by atoms with Crippen LogP contribution in [-0.2, 0) is 11.0 Å². The van der Waals surface area contributed by atoms with Crippen molar-refractivity contribution in [3.8, 4) is 34.3 Å². The summed E-state index contributed by atoms with van der Waals surface area (Å²) in [6.07, 6.45) is -3.54. The van der Waals surface area contributed by atoms with Crippen LogP contribution < -0.4 is 31.0 Å². The van der Waals surface area contributed by atoms with Crippen LogP contribution in [-0.4, -0.2) is 34.6 Å². The highest BCUT2D eigenvalue weighted by atomic mass is 19.4. The minimum Gasteiger partial charge on any atom is -0.493 e. The third kappa shape index (κ3) is 6.44. The fraction of sp³-hybridized carbons (Fsp3) is 0.120. The molecular weight excluding hydrogens is 505 g/mol. The molecule has 0 unspecified atom stereocenters. The third-order valence-electron chi connectivity index (χ3n) is 4.98. The van der Waals surface area contributed by atoms with E-state index in [1.54, 1.807) is 48.5 Å². The van der Waals surface area contributed by atoms with Crippen LogP contribution in [0.25, 0.3) is 11.3 Å². The molecule has 0 aliphatic heterocycles. The van der Waals surface area contributed by atoms with Gasteiger partial charge in [-0.15, -0.1) is 0 Å². The summed E-state index contributed by atoms with van der Waals surface area (Å²) in [4.78, 5) is 23.3. The van der Waals surface area contributed by atoms with Crippen LogP contribution in [0.3, 0.4) is 0 Å². The first-order valence-electron chi connectivity index (χ1n) is 11.0. The standard InChI is InChI=1S/C25H21F3N6O4/c1-36-20-10-14(2-7-19(20)38-23(35)13-29)18-12-22(34-24(30)33-18)32-15-3-5-16(6-4-15)37-17-8-9-31-21(11-17)25(26,27)28/h2-12H,13,29H2,1H3,(H3,30,32,33,34). The summed E-state index contributed by atoms with van der Waals surface area (Å²) >= 11 is 0. The summed E-state index contributed by atoms with van der Waals surface area (Å²) in [5.41, 5.74) is 11.8. The quantitative estimate of drug-likeness (QED) is 0.221. The van der Waals surface area contributed by atoms with E-state index in [-0.39, 0.29) is 24.0 Å². The lowest BCUT2D eigenvalue weighted by atomic mass is 10.1. The first-order valence-corrected chi connectivity index (χ1v) is 11.0. The second kappa shape index (κ2) is 11.0. The molecule has 0 aliphatic carbocycles. The molecule has 0 radical (unpaired) electrons. The number of carbonyl (C=O) groups excluding carboxylic acids is 1. The molecular formula is C25H21F3N6O4. The molecule has 38 heavy (non-hydrogen) atoms. The maximum absolute atomic E-state index is 12.9. The Morgan fingerprint density at radius 2 is 1.74 bits per heavy atom. The molecule has 196 valence electrons. The lowest BCUT2D eigenvalue weighted by Crippen LogP contribution is -2.19. The highest BCUT2D eigenvalue weighted by molar-refractivity contribution is 5.76. The number of nitrogen functional groups attached to an aromatic ring is 1. The number of methoxy groups -OCH3 is 1. The molecule has 0 amide bonds. The fourth-order valence-electron chi connectivity index (χ4n) is 3.27. The molecule has 0 fully saturated rings. The number of anilines is 3. The lowest BCUT2D eigenvalue weighted by Gasteiger charge is -2.12. The van der Waals surface area contributed by atoms with Crippen LogP contribution in [0.4, 0.5) is 30.6 Å². The van der Waals surface area contributed by atoms with Gasteiger partial charge in [-0.2, -0.15) is 18.2 Å². The van der Waals surface area contributed by atoms with Gasteiger partial charge in [-0.25, -0.2) is 4.98 Å². The van der Waals surface area contributed by atoms with E-state index in [4.69, 9.17) is 25.7 Å². The SMILES string of the molecule is COc1cc(-c2cc(Nc3ccc(Oc4ccnc(C(F)(F)F)c4)cc3)nc(N)n2)ccc1OC(=O)CN. The molecule has 10 nitrogen and oxygen atoms in total. The second-order valence-corrected chi connectivity index (χ2v) is 7.67. The van der Waals surface area contributed by atoms with Gasteiger partial charge in [0.05, 0.1) is 19.3 Å². The van der Waals surface area contributed by atoms with Crippen LogP contribution in [0.5, 0.6) is 23.0 Å². The van der Waals surface area contributed by atoms with Gasteiger partial charge in [-0.3, -0.25) is 9.78 Å². The summed E-state index contributed by atoms with van der Waals surface area (Å²) < 4.78 is 54.6. The first-order chi connectivity index (χ1) is 18.1. The minimum absolute atomic E-state index is 0.000454. The smallest absolute Gasteiger partial charge is 0.433 e. The number of hydrogen-bond donors (Lipinski definition) is 3. The van der Waals surface area contributed by atoms with Crippen LogP contribution in [0.1, 0.15) is 5.69 Å². The Bertz CT molecular complexity index is 1450. The number of ether oxygens (including phenoxy) is 3. The average molecular weight is 526 g/mol. The van der Waals surface area contributed by atoms with Gasteiger partial charge in [-0.1, -0.05) is 0 Å². The van der Waals surface area contributed by atoms with Crippen LogP contribution in [0, 0.1) is 0 Å². The van der Waals surface area contributed by atoms with Crippen LogP contribution in [0.15, 0.2) is 66.9 Å². The summed E-state index contributed by atoms with van der Waals surface area (Å²) in [6, 6.07) is 15.1. The van der Waals surface area contributed by atoms with Gasteiger partial charge in [0, 0.05) is 29.6 Å². The number of aromatic nitrogens is 3. The van der Waals surface area contributed by atoms with Gasteiger partial charge in [-0.05, 0) is 48.5 Å². The molecule has 13 heteroatoms. The van der Waals surface area contributed by atoms with Crippen molar-refractivity contribution >= 4 is 23.4 Å². The number of rotatable bonds is 8. The third-order valence-corrected chi connectivity index (χ3v) is 4.98. The Labute approximate surface area is 214 Å². The van der Waals surface area contributed by atoms with E-state index in [2.05, 4.69) is 20.3 Å².